The van der Waals surface area contributed by atoms with Crippen molar-refractivity contribution in [3.05, 3.63) is 100 Å². The molecule has 0 aliphatic carbocycles. The van der Waals surface area contributed by atoms with Gasteiger partial charge in [-0.25, -0.2) is 0 Å². The van der Waals surface area contributed by atoms with Crippen molar-refractivity contribution in [2.45, 2.75) is 19.6 Å². The Morgan fingerprint density at radius 2 is 1.77 bits per heavy atom. The summed E-state index contributed by atoms with van der Waals surface area (Å²) in [7, 11) is 0. The lowest BCUT2D eigenvalue weighted by atomic mass is 10.1. The summed E-state index contributed by atoms with van der Waals surface area (Å²) < 4.78 is 6.73. The van der Waals surface area contributed by atoms with Gasteiger partial charge in [0.25, 0.3) is 5.91 Å². The number of hydrazine groups is 1. The molecule has 0 saturated heterocycles. The van der Waals surface area contributed by atoms with Crippen LogP contribution in [-0.2, 0) is 6.61 Å². The number of nitrogens with one attached hydrogen (secondary N) is 3. The van der Waals surface area contributed by atoms with Crippen molar-refractivity contribution >= 4 is 39.2 Å². The van der Waals surface area contributed by atoms with E-state index in [2.05, 4.69) is 32.1 Å². The lowest BCUT2D eigenvalue weighted by Gasteiger charge is -2.17. The summed E-state index contributed by atoms with van der Waals surface area (Å²) in [5.74, 6) is 0.473. The molecule has 3 rings (SSSR count). The Morgan fingerprint density at radius 3 is 2.53 bits per heavy atom. The topological polar surface area (TPSA) is 62.4 Å². The van der Waals surface area contributed by atoms with Gasteiger partial charge >= 0.3 is 0 Å². The van der Waals surface area contributed by atoms with Gasteiger partial charge in [-0.1, -0.05) is 64.5 Å². The van der Waals surface area contributed by atoms with Crippen molar-refractivity contribution in [2.75, 3.05) is 0 Å². The number of ether oxygens (including phenoxy) is 1. The predicted octanol–water partition coefficient (Wildman–Crippen LogP) is 4.90. The van der Waals surface area contributed by atoms with Crippen LogP contribution in [0.1, 0.15) is 34.5 Å². The fraction of sp³-hybridized carbons (Fsp3) is 0.130. The molecule has 0 heterocycles. The maximum absolute atomic E-state index is 12.5. The summed E-state index contributed by atoms with van der Waals surface area (Å²) in [6.45, 7) is 2.36. The van der Waals surface area contributed by atoms with E-state index in [1.165, 1.54) is 0 Å². The van der Waals surface area contributed by atoms with Crippen LogP contribution in [0.15, 0.2) is 83.3 Å². The first kappa shape index (κ1) is 21.8. The van der Waals surface area contributed by atoms with Crippen molar-refractivity contribution in [1.82, 2.24) is 16.2 Å². The normalized spacial score (nSPS) is 11.3. The van der Waals surface area contributed by atoms with Gasteiger partial charge in [0.15, 0.2) is 5.11 Å². The van der Waals surface area contributed by atoms with Crippen LogP contribution in [0.3, 0.4) is 0 Å². The van der Waals surface area contributed by atoms with Gasteiger partial charge in [0, 0.05) is 10.0 Å². The monoisotopic (exact) mass is 483 g/mol. The third kappa shape index (κ3) is 6.57. The summed E-state index contributed by atoms with van der Waals surface area (Å²) >= 11 is 8.69. The van der Waals surface area contributed by atoms with Gasteiger partial charge in [0.1, 0.15) is 12.4 Å². The van der Waals surface area contributed by atoms with Crippen molar-refractivity contribution < 1.29 is 9.53 Å². The third-order valence-corrected chi connectivity index (χ3v) is 5.04. The number of hydrogen-bond acceptors (Lipinski definition) is 3. The zero-order valence-electron chi connectivity index (χ0n) is 16.4. The molecule has 7 heteroatoms. The number of halogens is 1. The highest BCUT2D eigenvalue weighted by molar-refractivity contribution is 9.10. The van der Waals surface area contributed by atoms with Gasteiger partial charge in [0.05, 0.1) is 6.04 Å². The van der Waals surface area contributed by atoms with E-state index in [4.69, 9.17) is 17.0 Å². The number of carbonyl (C=O) groups is 1. The lowest BCUT2D eigenvalue weighted by molar-refractivity contribution is 0.0943. The number of amides is 1. The minimum Gasteiger partial charge on any atom is -0.489 e. The maximum atomic E-state index is 12.5. The average molecular weight is 484 g/mol. The summed E-state index contributed by atoms with van der Waals surface area (Å²) in [6.07, 6.45) is 0. The highest BCUT2D eigenvalue weighted by atomic mass is 79.9. The quantitative estimate of drug-likeness (QED) is 0.343. The Kier molecular flexibility index (Phi) is 7.82. The molecule has 0 radical (unpaired) electrons. The second-order valence-electron chi connectivity index (χ2n) is 6.63. The second-order valence-corrected chi connectivity index (χ2v) is 7.96. The van der Waals surface area contributed by atoms with Gasteiger partial charge in [0.2, 0.25) is 0 Å². The van der Waals surface area contributed by atoms with Crippen molar-refractivity contribution in [1.29, 1.82) is 0 Å². The van der Waals surface area contributed by atoms with E-state index in [0.29, 0.717) is 17.3 Å². The molecule has 3 N–H and O–H groups in total. The molecule has 154 valence electrons. The maximum Gasteiger partial charge on any atom is 0.269 e. The fourth-order valence-corrected chi connectivity index (χ4v) is 3.38. The minimum atomic E-state index is -0.282. The van der Waals surface area contributed by atoms with Gasteiger partial charge in [-0.05, 0) is 60.6 Å². The summed E-state index contributed by atoms with van der Waals surface area (Å²) in [6, 6.07) is 24.8. The minimum absolute atomic E-state index is 0.0154. The zero-order valence-corrected chi connectivity index (χ0v) is 18.8. The van der Waals surface area contributed by atoms with Gasteiger partial charge in [-0.15, -0.1) is 0 Å². The predicted molar refractivity (Wildman–Crippen MR) is 126 cm³/mol. The van der Waals surface area contributed by atoms with E-state index < -0.39 is 0 Å². The molecular weight excluding hydrogens is 462 g/mol. The Labute approximate surface area is 189 Å². The van der Waals surface area contributed by atoms with E-state index in [1.807, 2.05) is 73.7 Å². The molecule has 3 aromatic carbocycles. The Bertz CT molecular complexity index is 1010. The SMILES string of the molecule is C[C@@H](NC(=S)NNC(=O)c1cccc(COc2cccc(Br)c2)c1)c1ccccc1. The number of thiocarbonyl (C=S) groups is 1. The van der Waals surface area contributed by atoms with E-state index >= 15 is 0 Å². The smallest absolute Gasteiger partial charge is 0.269 e. The third-order valence-electron chi connectivity index (χ3n) is 4.33. The first-order valence-electron chi connectivity index (χ1n) is 9.40. The van der Waals surface area contributed by atoms with Crippen LogP contribution < -0.4 is 20.9 Å². The molecule has 0 aromatic heterocycles. The summed E-state index contributed by atoms with van der Waals surface area (Å²) in [5, 5.41) is 3.48. The molecule has 5 nitrogen and oxygen atoms in total. The van der Waals surface area contributed by atoms with Gasteiger partial charge < -0.3 is 10.1 Å². The van der Waals surface area contributed by atoms with Crippen molar-refractivity contribution in [3.8, 4) is 5.75 Å². The number of rotatable bonds is 6. The number of carbonyl (C=O) groups excluding carboxylic acids is 1. The van der Waals surface area contributed by atoms with Gasteiger partial charge in [-0.2, -0.15) is 0 Å². The van der Waals surface area contributed by atoms with Crippen LogP contribution in [0, 0.1) is 0 Å². The first-order chi connectivity index (χ1) is 14.5. The lowest BCUT2D eigenvalue weighted by Crippen LogP contribution is -2.47. The molecule has 0 unspecified atom stereocenters. The van der Waals surface area contributed by atoms with Crippen LogP contribution in [0.2, 0.25) is 0 Å². The molecular formula is C23H22BrN3O2S. The van der Waals surface area contributed by atoms with E-state index in [-0.39, 0.29) is 11.9 Å². The standard InChI is InChI=1S/C23H22BrN3O2S/c1-16(18-8-3-2-4-9-18)25-23(30)27-26-22(28)19-10-5-7-17(13-19)15-29-21-12-6-11-20(24)14-21/h2-14,16H,15H2,1H3,(H,26,28)(H2,25,27,30)/t16-/m1/s1. The fourth-order valence-electron chi connectivity index (χ4n) is 2.77. The molecule has 30 heavy (non-hydrogen) atoms. The van der Waals surface area contributed by atoms with Crippen LogP contribution in [-0.4, -0.2) is 11.0 Å². The molecule has 0 spiro atoms. The first-order valence-corrected chi connectivity index (χ1v) is 10.6. The zero-order chi connectivity index (χ0) is 21.3. The molecule has 1 amide bonds. The molecule has 0 bridgehead atoms. The van der Waals surface area contributed by atoms with E-state index in [1.54, 1.807) is 12.1 Å². The molecule has 1 atom stereocenters. The molecule has 0 saturated carbocycles. The molecule has 0 aliphatic heterocycles. The van der Waals surface area contributed by atoms with Gasteiger partial charge in [-0.3, -0.25) is 15.6 Å². The summed E-state index contributed by atoms with van der Waals surface area (Å²) in [5.41, 5.74) is 7.88. The Balaban J connectivity index is 1.50. The van der Waals surface area contributed by atoms with Crippen LogP contribution in [0.25, 0.3) is 0 Å². The molecule has 0 fully saturated rings. The molecule has 0 aliphatic rings. The highest BCUT2D eigenvalue weighted by Crippen LogP contribution is 2.19. The van der Waals surface area contributed by atoms with Crippen LogP contribution in [0.5, 0.6) is 5.75 Å². The summed E-state index contributed by atoms with van der Waals surface area (Å²) in [4.78, 5) is 12.5. The average Bonchev–Trinajstić information content (AvgIpc) is 2.77. The van der Waals surface area contributed by atoms with E-state index in [9.17, 15) is 4.79 Å². The largest absolute Gasteiger partial charge is 0.489 e. The van der Waals surface area contributed by atoms with Crippen molar-refractivity contribution in [3.63, 3.8) is 0 Å². The Morgan fingerprint density at radius 1 is 1.00 bits per heavy atom. The number of benzene rings is 3. The van der Waals surface area contributed by atoms with Crippen molar-refractivity contribution in [2.24, 2.45) is 0 Å². The van der Waals surface area contributed by atoms with Crippen LogP contribution in [0.4, 0.5) is 0 Å². The van der Waals surface area contributed by atoms with Crippen LogP contribution >= 0.6 is 28.1 Å². The number of hydrogen-bond donors (Lipinski definition) is 3. The molecule has 3 aromatic rings. The highest BCUT2D eigenvalue weighted by Gasteiger charge is 2.09. The Hall–Kier alpha value is -2.90. The second kappa shape index (κ2) is 10.8. The van der Waals surface area contributed by atoms with E-state index in [0.717, 1.165) is 21.3 Å².